The second-order valence-electron chi connectivity index (χ2n) is 5.28. The van der Waals surface area contributed by atoms with Crippen molar-refractivity contribution in [1.29, 1.82) is 0 Å². The molecule has 130 valence electrons. The summed E-state index contributed by atoms with van der Waals surface area (Å²) in [4.78, 5) is 23.1. The number of nitrogens with zero attached hydrogens (tertiary/aromatic N) is 1. The molecule has 1 aliphatic heterocycles. The molecule has 0 aromatic heterocycles. The van der Waals surface area contributed by atoms with Gasteiger partial charge in [0.15, 0.2) is 9.67 Å². The number of alkyl halides is 8. The van der Waals surface area contributed by atoms with E-state index in [0.29, 0.717) is 12.8 Å². The number of carbonyl (C=O) groups is 2. The Hall–Kier alpha value is 1.36. The Morgan fingerprint density at radius 1 is 0.826 bits per heavy atom. The average Bonchev–Trinajstić information content (AvgIpc) is 2.69. The number of imide groups is 1. The van der Waals surface area contributed by atoms with Crippen molar-refractivity contribution < 1.29 is 14.1 Å². The van der Waals surface area contributed by atoms with Crippen LogP contribution in [0.2, 0.25) is 0 Å². The molecule has 1 fully saturated rings. The minimum absolute atomic E-state index is 0.313. The minimum Gasteiger partial charge on any atom is -0.230 e. The van der Waals surface area contributed by atoms with Crippen LogP contribution in [0.3, 0.4) is 0 Å². The average molecular weight is 484 g/mol. The largest absolute Gasteiger partial charge is 0.330 e. The van der Waals surface area contributed by atoms with Crippen molar-refractivity contribution in [3.05, 3.63) is 12.2 Å². The van der Waals surface area contributed by atoms with Crippen LogP contribution < -0.4 is 0 Å². The first kappa shape index (κ1) is 20.7. The fourth-order valence-corrected chi connectivity index (χ4v) is 5.00. The lowest BCUT2D eigenvalue weighted by Crippen LogP contribution is -2.74. The van der Waals surface area contributed by atoms with Crippen molar-refractivity contribution in [1.82, 2.24) is 0 Å². The number of rotatable bonds is 4. The molecule has 11 heteroatoms. The molecule has 2 unspecified atom stereocenters. The van der Waals surface area contributed by atoms with Gasteiger partial charge >= 0.3 is 11.8 Å². The van der Waals surface area contributed by atoms with Gasteiger partial charge in [-0.3, -0.25) is 0 Å². The number of likely N-dealkylation sites (tertiary alicyclic amines) is 1. The van der Waals surface area contributed by atoms with E-state index in [0.717, 1.165) is 0 Å². The van der Waals surface area contributed by atoms with Gasteiger partial charge in [0.1, 0.15) is 0 Å². The molecule has 2 aliphatic rings. The number of carbonyl (C=O) groups excluding carboxylic acids is 2. The van der Waals surface area contributed by atoms with E-state index in [4.69, 9.17) is 92.8 Å². The summed E-state index contributed by atoms with van der Waals surface area (Å²) in [6.45, 7) is 0. The van der Waals surface area contributed by atoms with E-state index in [2.05, 4.69) is 0 Å². The number of allylic oxidation sites excluding steroid dienone is 2. The van der Waals surface area contributed by atoms with Crippen LogP contribution in [0.5, 0.6) is 0 Å². The highest BCUT2D eigenvalue weighted by molar-refractivity contribution is 6.62. The highest BCUT2D eigenvalue weighted by Crippen LogP contribution is 2.59. The van der Waals surface area contributed by atoms with E-state index in [1.807, 2.05) is 0 Å². The molecule has 0 spiro atoms. The SMILES string of the molecule is O=C1C2CC=CCC2C(=O)[N+]1(C(Cl)(Cl)C(Cl)Cl)C(Cl)(Cl)C(Cl)Cl. The summed E-state index contributed by atoms with van der Waals surface area (Å²) in [6, 6.07) is 0. The topological polar surface area (TPSA) is 34.1 Å². The van der Waals surface area contributed by atoms with Crippen LogP contribution in [0, 0.1) is 11.8 Å². The number of amides is 2. The van der Waals surface area contributed by atoms with Crippen LogP contribution in [-0.4, -0.2) is 34.9 Å². The van der Waals surface area contributed by atoms with Gasteiger partial charge in [-0.2, -0.15) is 0 Å². The second-order valence-corrected chi connectivity index (χ2v) is 10.2. The number of hydrogen-bond acceptors (Lipinski definition) is 2. The van der Waals surface area contributed by atoms with Gasteiger partial charge < -0.3 is 0 Å². The van der Waals surface area contributed by atoms with Gasteiger partial charge in [-0.15, -0.1) is 4.48 Å². The maximum atomic E-state index is 13.1. The summed E-state index contributed by atoms with van der Waals surface area (Å²) in [5.74, 6) is -2.84. The first-order valence-electron chi connectivity index (χ1n) is 6.39. The van der Waals surface area contributed by atoms with Gasteiger partial charge in [0.2, 0.25) is 0 Å². The third-order valence-electron chi connectivity index (χ3n) is 4.15. The molecule has 0 N–H and O–H groups in total. The summed E-state index contributed by atoms with van der Waals surface area (Å²) in [5, 5.41) is 0. The van der Waals surface area contributed by atoms with Crippen molar-refractivity contribution in [3.8, 4) is 0 Å². The van der Waals surface area contributed by atoms with Crippen LogP contribution in [-0.2, 0) is 9.59 Å². The molecule has 1 heterocycles. The molecule has 0 aromatic carbocycles. The Bertz CT molecular complexity index is 511. The lowest BCUT2D eigenvalue weighted by atomic mass is 9.85. The van der Waals surface area contributed by atoms with Gasteiger partial charge in [0.25, 0.3) is 8.91 Å². The number of fused-ring (bicyclic) bond motifs is 1. The zero-order valence-electron chi connectivity index (χ0n) is 11.2. The zero-order valence-corrected chi connectivity index (χ0v) is 17.2. The van der Waals surface area contributed by atoms with Gasteiger partial charge in [0, 0.05) is 0 Å². The summed E-state index contributed by atoms with van der Waals surface area (Å²) >= 11 is 48.3. The van der Waals surface area contributed by atoms with E-state index >= 15 is 0 Å². The van der Waals surface area contributed by atoms with Crippen LogP contribution >= 0.6 is 92.8 Å². The van der Waals surface area contributed by atoms with Crippen molar-refractivity contribution in [3.63, 3.8) is 0 Å². The van der Waals surface area contributed by atoms with E-state index in [1.165, 1.54) is 0 Å². The smallest absolute Gasteiger partial charge is 0.230 e. The highest BCUT2D eigenvalue weighted by Gasteiger charge is 2.80. The van der Waals surface area contributed by atoms with E-state index < -0.39 is 46.7 Å². The van der Waals surface area contributed by atoms with Gasteiger partial charge in [-0.1, -0.05) is 58.6 Å². The number of quaternary nitrogens is 1. The Morgan fingerprint density at radius 2 is 1.13 bits per heavy atom. The molecular formula is C12H10Cl8NO2+. The fourth-order valence-electron chi connectivity index (χ4n) is 3.05. The normalized spacial score (nSPS) is 27.9. The first-order chi connectivity index (χ1) is 10.4. The predicted octanol–water partition coefficient (Wildman–Crippen LogP) is 5.32. The molecule has 2 amide bonds. The fraction of sp³-hybridized carbons (Fsp3) is 0.667. The van der Waals surface area contributed by atoms with Crippen LogP contribution in [0.4, 0.5) is 0 Å². The molecule has 1 saturated heterocycles. The van der Waals surface area contributed by atoms with Crippen LogP contribution in [0.15, 0.2) is 12.2 Å². The van der Waals surface area contributed by atoms with Crippen molar-refractivity contribution in [2.24, 2.45) is 11.8 Å². The standard InChI is InChI=1S/C12H10Cl8NO2/c13-9(14)11(17,18)21(12(19,20)10(15)16)7(22)5-3-1-2-4-6(5)8(21)23/h1-2,5-6,9-10H,3-4H2/q+1. The van der Waals surface area contributed by atoms with Crippen LogP contribution in [0.1, 0.15) is 12.8 Å². The van der Waals surface area contributed by atoms with Gasteiger partial charge in [-0.25, -0.2) is 9.59 Å². The third-order valence-corrected chi connectivity index (χ3v) is 8.19. The molecule has 2 atom stereocenters. The summed E-state index contributed by atoms with van der Waals surface area (Å²) in [5.41, 5.74) is 0. The van der Waals surface area contributed by atoms with Crippen LogP contribution in [0.25, 0.3) is 0 Å². The Balaban J connectivity index is 2.75. The number of halogens is 8. The lowest BCUT2D eigenvalue weighted by Gasteiger charge is -2.46. The molecule has 23 heavy (non-hydrogen) atoms. The van der Waals surface area contributed by atoms with Crippen molar-refractivity contribution >= 4 is 105 Å². The monoisotopic (exact) mass is 480 g/mol. The highest BCUT2D eigenvalue weighted by atomic mass is 35.5. The third kappa shape index (κ3) is 2.74. The van der Waals surface area contributed by atoms with E-state index in [-0.39, 0.29) is 0 Å². The Labute approximate surface area is 173 Å². The van der Waals surface area contributed by atoms with Gasteiger partial charge in [0.05, 0.1) is 11.8 Å². The molecule has 3 nitrogen and oxygen atoms in total. The zero-order chi connectivity index (χ0) is 17.8. The van der Waals surface area contributed by atoms with Gasteiger partial charge in [-0.05, 0) is 59.2 Å². The van der Waals surface area contributed by atoms with E-state index in [9.17, 15) is 9.59 Å². The summed E-state index contributed by atoms with van der Waals surface area (Å²) < 4.78 is -6.21. The number of hydrogen-bond donors (Lipinski definition) is 0. The predicted molar refractivity (Wildman–Crippen MR) is 95.5 cm³/mol. The maximum absolute atomic E-state index is 13.1. The molecule has 0 saturated carbocycles. The van der Waals surface area contributed by atoms with E-state index in [1.54, 1.807) is 12.2 Å². The van der Waals surface area contributed by atoms with Crippen molar-refractivity contribution in [2.45, 2.75) is 31.4 Å². The molecule has 0 aromatic rings. The molecule has 2 rings (SSSR count). The molecule has 0 bridgehead atoms. The maximum Gasteiger partial charge on any atom is 0.330 e. The molecular weight excluding hydrogens is 474 g/mol. The Morgan fingerprint density at radius 3 is 1.39 bits per heavy atom. The first-order valence-corrected chi connectivity index (χ1v) is 9.64. The Kier molecular flexibility index (Phi) is 6.14. The summed E-state index contributed by atoms with van der Waals surface area (Å²) in [6.07, 6.45) is 4.18. The second kappa shape index (κ2) is 6.83. The van der Waals surface area contributed by atoms with Crippen molar-refractivity contribution in [2.75, 3.05) is 0 Å². The minimum atomic E-state index is -2.37. The summed E-state index contributed by atoms with van der Waals surface area (Å²) in [7, 11) is 0. The molecule has 0 radical (unpaired) electrons. The molecule has 1 aliphatic carbocycles. The quantitative estimate of drug-likeness (QED) is 0.178. The lowest BCUT2D eigenvalue weighted by molar-refractivity contribution is -0.820.